The number of nitro benzene ring substituents is 1. The van der Waals surface area contributed by atoms with E-state index >= 15 is 0 Å². The molecule has 0 atom stereocenters. The third kappa shape index (κ3) is 4.57. The van der Waals surface area contributed by atoms with Crippen molar-refractivity contribution in [3.63, 3.8) is 0 Å². The molecule has 0 saturated heterocycles. The highest BCUT2D eigenvalue weighted by molar-refractivity contribution is 6.31. The van der Waals surface area contributed by atoms with E-state index in [9.17, 15) is 14.9 Å². The molecule has 8 heteroatoms. The molecule has 0 spiro atoms. The molecule has 0 aliphatic carbocycles. The first-order valence-electron chi connectivity index (χ1n) is 8.13. The highest BCUT2D eigenvalue weighted by atomic mass is 35.5. The van der Waals surface area contributed by atoms with E-state index in [-0.39, 0.29) is 11.6 Å². The van der Waals surface area contributed by atoms with Gasteiger partial charge in [0.25, 0.3) is 11.6 Å². The molecule has 0 aliphatic heterocycles. The number of hydrogen-bond donors (Lipinski definition) is 1. The van der Waals surface area contributed by atoms with Crippen molar-refractivity contribution < 1.29 is 19.2 Å². The number of rotatable bonds is 6. The van der Waals surface area contributed by atoms with Crippen LogP contribution in [-0.2, 0) is 0 Å². The predicted molar refractivity (Wildman–Crippen MR) is 106 cm³/mol. The van der Waals surface area contributed by atoms with Crippen molar-refractivity contribution in [2.75, 3.05) is 12.4 Å². The van der Waals surface area contributed by atoms with E-state index in [2.05, 4.69) is 5.32 Å². The van der Waals surface area contributed by atoms with E-state index in [4.69, 9.17) is 21.1 Å². The van der Waals surface area contributed by atoms with Crippen LogP contribution in [0, 0.1) is 10.1 Å². The van der Waals surface area contributed by atoms with Gasteiger partial charge in [-0.2, -0.15) is 0 Å². The van der Waals surface area contributed by atoms with Gasteiger partial charge in [-0.15, -0.1) is 0 Å². The maximum Gasteiger partial charge on any atom is 0.269 e. The fourth-order valence-electron chi connectivity index (χ4n) is 2.42. The second-order valence-corrected chi connectivity index (χ2v) is 6.11. The Bertz CT molecular complexity index is 1000. The largest absolute Gasteiger partial charge is 0.495 e. The smallest absolute Gasteiger partial charge is 0.269 e. The average Bonchev–Trinajstić information content (AvgIpc) is 2.69. The minimum absolute atomic E-state index is 0.0178. The normalized spacial score (nSPS) is 10.2. The van der Waals surface area contributed by atoms with Gasteiger partial charge in [0.1, 0.15) is 17.2 Å². The van der Waals surface area contributed by atoms with E-state index in [1.54, 1.807) is 42.5 Å². The minimum atomic E-state index is -0.480. The van der Waals surface area contributed by atoms with Gasteiger partial charge in [-0.1, -0.05) is 11.6 Å². The average molecular weight is 399 g/mol. The lowest BCUT2D eigenvalue weighted by Crippen LogP contribution is -2.12. The molecule has 142 valence electrons. The maximum atomic E-state index is 12.5. The molecule has 3 aromatic carbocycles. The number of nitrogens with one attached hydrogen (secondary N) is 1. The molecule has 28 heavy (non-hydrogen) atoms. The summed E-state index contributed by atoms with van der Waals surface area (Å²) in [5.41, 5.74) is 0.861. The zero-order chi connectivity index (χ0) is 20.1. The van der Waals surface area contributed by atoms with Gasteiger partial charge < -0.3 is 14.8 Å². The monoisotopic (exact) mass is 398 g/mol. The Balaban J connectivity index is 1.69. The van der Waals surface area contributed by atoms with Crippen LogP contribution in [-0.4, -0.2) is 17.9 Å². The summed E-state index contributed by atoms with van der Waals surface area (Å²) in [7, 11) is 1.50. The van der Waals surface area contributed by atoms with Crippen molar-refractivity contribution in [1.29, 1.82) is 0 Å². The lowest BCUT2D eigenvalue weighted by molar-refractivity contribution is -0.384. The first-order chi connectivity index (χ1) is 13.5. The zero-order valence-electron chi connectivity index (χ0n) is 14.7. The fraction of sp³-hybridized carbons (Fsp3) is 0.0500. The summed E-state index contributed by atoms with van der Waals surface area (Å²) < 4.78 is 10.8. The molecule has 0 aromatic heterocycles. The molecular formula is C20H15ClN2O5. The van der Waals surface area contributed by atoms with Crippen molar-refractivity contribution in [1.82, 2.24) is 0 Å². The molecule has 0 heterocycles. The van der Waals surface area contributed by atoms with E-state index in [1.165, 1.54) is 31.4 Å². The van der Waals surface area contributed by atoms with Gasteiger partial charge in [-0.05, 0) is 54.6 Å². The lowest BCUT2D eigenvalue weighted by atomic mass is 10.2. The number of anilines is 1. The zero-order valence-corrected chi connectivity index (χ0v) is 15.5. The number of methoxy groups -OCH3 is 1. The molecule has 0 unspecified atom stereocenters. The molecule has 3 aromatic rings. The third-order valence-electron chi connectivity index (χ3n) is 3.81. The van der Waals surface area contributed by atoms with Gasteiger partial charge in [0.15, 0.2) is 0 Å². The first kappa shape index (κ1) is 19.2. The molecule has 7 nitrogen and oxygen atoms in total. The summed E-state index contributed by atoms with van der Waals surface area (Å²) >= 11 is 5.97. The highest BCUT2D eigenvalue weighted by Gasteiger charge is 2.11. The number of ether oxygens (including phenoxy) is 2. The number of carbonyl (C=O) groups is 1. The van der Waals surface area contributed by atoms with Crippen LogP contribution in [0.2, 0.25) is 5.02 Å². The Morgan fingerprint density at radius 2 is 1.61 bits per heavy atom. The summed E-state index contributed by atoms with van der Waals surface area (Å²) in [5, 5.41) is 13.9. The van der Waals surface area contributed by atoms with Crippen molar-refractivity contribution in [3.05, 3.63) is 87.4 Å². The Kier molecular flexibility index (Phi) is 5.76. The van der Waals surface area contributed by atoms with Crippen molar-refractivity contribution in [3.8, 4) is 17.2 Å². The minimum Gasteiger partial charge on any atom is -0.495 e. The van der Waals surface area contributed by atoms with Gasteiger partial charge in [-0.3, -0.25) is 14.9 Å². The summed E-state index contributed by atoms with van der Waals surface area (Å²) in [6.07, 6.45) is 0. The molecule has 1 amide bonds. The Morgan fingerprint density at radius 3 is 2.18 bits per heavy atom. The van der Waals surface area contributed by atoms with E-state index in [0.29, 0.717) is 33.5 Å². The van der Waals surface area contributed by atoms with Crippen LogP contribution in [0.25, 0.3) is 0 Å². The molecule has 3 rings (SSSR count). The van der Waals surface area contributed by atoms with Crippen LogP contribution in [0.1, 0.15) is 10.4 Å². The lowest BCUT2D eigenvalue weighted by Gasteiger charge is -2.11. The van der Waals surface area contributed by atoms with Crippen LogP contribution in [0.15, 0.2) is 66.7 Å². The number of hydrogen-bond acceptors (Lipinski definition) is 5. The SMILES string of the molecule is COc1ccc(Cl)cc1NC(=O)c1ccc(Oc2ccc([N+](=O)[O-])cc2)cc1. The van der Waals surface area contributed by atoms with Crippen LogP contribution < -0.4 is 14.8 Å². The number of nitrogens with zero attached hydrogens (tertiary/aromatic N) is 1. The van der Waals surface area contributed by atoms with Crippen molar-refractivity contribution >= 4 is 28.9 Å². The Hall–Kier alpha value is -3.58. The van der Waals surface area contributed by atoms with Crippen LogP contribution in [0.5, 0.6) is 17.2 Å². The third-order valence-corrected chi connectivity index (χ3v) is 4.04. The summed E-state index contributed by atoms with van der Waals surface area (Å²) in [5.74, 6) is 1.11. The molecule has 0 saturated carbocycles. The van der Waals surface area contributed by atoms with Gasteiger partial charge in [0.05, 0.1) is 17.7 Å². The van der Waals surface area contributed by atoms with E-state index < -0.39 is 4.92 Å². The van der Waals surface area contributed by atoms with E-state index in [1.807, 2.05) is 0 Å². The van der Waals surface area contributed by atoms with Crippen LogP contribution >= 0.6 is 11.6 Å². The first-order valence-corrected chi connectivity index (χ1v) is 8.51. The molecular weight excluding hydrogens is 384 g/mol. The maximum absolute atomic E-state index is 12.5. The van der Waals surface area contributed by atoms with Crippen LogP contribution in [0.4, 0.5) is 11.4 Å². The standard InChI is InChI=1S/C20H15ClN2O5/c1-27-19-11-4-14(21)12-18(19)22-20(24)13-2-7-16(8-3-13)28-17-9-5-15(6-10-17)23(25)26/h2-12H,1H3,(H,22,24). The predicted octanol–water partition coefficient (Wildman–Crippen LogP) is 5.30. The fourth-order valence-corrected chi connectivity index (χ4v) is 2.59. The quantitative estimate of drug-likeness (QED) is 0.449. The van der Waals surface area contributed by atoms with Gasteiger partial charge in [0.2, 0.25) is 0 Å². The molecule has 0 fully saturated rings. The second-order valence-electron chi connectivity index (χ2n) is 5.68. The van der Waals surface area contributed by atoms with Crippen molar-refractivity contribution in [2.45, 2.75) is 0 Å². The number of halogens is 1. The van der Waals surface area contributed by atoms with Crippen LogP contribution in [0.3, 0.4) is 0 Å². The highest BCUT2D eigenvalue weighted by Crippen LogP contribution is 2.28. The summed E-state index contributed by atoms with van der Waals surface area (Å²) in [6, 6.07) is 17.1. The molecule has 1 N–H and O–H groups in total. The van der Waals surface area contributed by atoms with Gasteiger partial charge in [-0.25, -0.2) is 0 Å². The van der Waals surface area contributed by atoms with Gasteiger partial charge >= 0.3 is 0 Å². The Morgan fingerprint density at radius 1 is 1.00 bits per heavy atom. The van der Waals surface area contributed by atoms with E-state index in [0.717, 1.165) is 0 Å². The molecule has 0 bridgehead atoms. The summed E-state index contributed by atoms with van der Waals surface area (Å²) in [6.45, 7) is 0. The second kappa shape index (κ2) is 8.41. The summed E-state index contributed by atoms with van der Waals surface area (Å²) in [4.78, 5) is 22.6. The Labute approximate surface area is 165 Å². The number of non-ortho nitro benzene ring substituents is 1. The van der Waals surface area contributed by atoms with Crippen molar-refractivity contribution in [2.24, 2.45) is 0 Å². The number of amides is 1. The number of benzene rings is 3. The number of carbonyl (C=O) groups excluding carboxylic acids is 1. The molecule has 0 aliphatic rings. The van der Waals surface area contributed by atoms with Gasteiger partial charge in [0, 0.05) is 22.7 Å². The molecule has 0 radical (unpaired) electrons. The number of nitro groups is 1. The topological polar surface area (TPSA) is 90.7 Å².